The molecule has 2 aromatic rings. The number of hydrogen-bond donors (Lipinski definition) is 0. The highest BCUT2D eigenvalue weighted by atomic mass is 16.5. The summed E-state index contributed by atoms with van der Waals surface area (Å²) in [6.45, 7) is 5.76. The molecule has 0 spiro atoms. The maximum Gasteiger partial charge on any atom is 0.247 e. The Morgan fingerprint density at radius 2 is 1.69 bits per heavy atom. The lowest BCUT2D eigenvalue weighted by molar-refractivity contribution is 0.415. The molecule has 0 atom stereocenters. The van der Waals surface area contributed by atoms with Crippen LogP contribution >= 0.6 is 0 Å². The Bertz CT molecular complexity index is 421. The summed E-state index contributed by atoms with van der Waals surface area (Å²) in [7, 11) is 1.63. The summed E-state index contributed by atoms with van der Waals surface area (Å²) in [6, 6.07) is 7.47. The first-order valence-electron chi connectivity index (χ1n) is 5.24. The van der Waals surface area contributed by atoms with Crippen molar-refractivity contribution in [3.8, 4) is 17.2 Å². The number of aryl methyl sites for hydroxylation is 1. The molecule has 0 N–H and O–H groups in total. The molecule has 1 heterocycles. The van der Waals surface area contributed by atoms with Crippen LogP contribution in [0.4, 0.5) is 0 Å². The Labute approximate surface area is 95.3 Å². The Kier molecular flexibility index (Phi) is 4.51. The van der Waals surface area contributed by atoms with Gasteiger partial charge in [0, 0.05) is 12.5 Å². The first kappa shape index (κ1) is 12.2. The molecular weight excluding hydrogens is 204 g/mol. The van der Waals surface area contributed by atoms with Crippen molar-refractivity contribution in [3.63, 3.8) is 0 Å². The van der Waals surface area contributed by atoms with E-state index in [9.17, 15) is 0 Å². The lowest BCUT2D eigenvalue weighted by Gasteiger charge is -1.98. The lowest BCUT2D eigenvalue weighted by Crippen LogP contribution is -1.82. The van der Waals surface area contributed by atoms with Gasteiger partial charge in [-0.1, -0.05) is 13.8 Å². The second-order valence-electron chi connectivity index (χ2n) is 2.85. The van der Waals surface area contributed by atoms with Gasteiger partial charge in [0.2, 0.25) is 11.8 Å². The minimum Gasteiger partial charge on any atom is -0.497 e. The van der Waals surface area contributed by atoms with E-state index in [1.165, 1.54) is 0 Å². The van der Waals surface area contributed by atoms with Gasteiger partial charge in [0.1, 0.15) is 5.75 Å². The SMILES string of the molecule is CC.COc1ccc(-c2nnc(C)o2)cc1. The predicted octanol–water partition coefficient (Wildman–Crippen LogP) is 3.08. The highest BCUT2D eigenvalue weighted by Crippen LogP contribution is 2.20. The van der Waals surface area contributed by atoms with Gasteiger partial charge in [-0.3, -0.25) is 0 Å². The quantitative estimate of drug-likeness (QED) is 0.780. The molecule has 4 heteroatoms. The van der Waals surface area contributed by atoms with Crippen LogP contribution in [0.3, 0.4) is 0 Å². The van der Waals surface area contributed by atoms with Gasteiger partial charge in [0.05, 0.1) is 7.11 Å². The first-order chi connectivity index (χ1) is 7.79. The van der Waals surface area contributed by atoms with Crippen molar-refractivity contribution in [1.82, 2.24) is 10.2 Å². The molecule has 2 rings (SSSR count). The molecule has 0 bridgehead atoms. The van der Waals surface area contributed by atoms with Crippen molar-refractivity contribution in [3.05, 3.63) is 30.2 Å². The van der Waals surface area contributed by atoms with Crippen molar-refractivity contribution in [2.75, 3.05) is 7.11 Å². The minimum atomic E-state index is 0.533. The van der Waals surface area contributed by atoms with Crippen molar-refractivity contribution in [2.45, 2.75) is 20.8 Å². The number of rotatable bonds is 2. The highest BCUT2D eigenvalue weighted by molar-refractivity contribution is 5.53. The van der Waals surface area contributed by atoms with Gasteiger partial charge in [-0.05, 0) is 24.3 Å². The number of nitrogens with zero attached hydrogens (tertiary/aromatic N) is 2. The fourth-order valence-corrected chi connectivity index (χ4v) is 1.15. The standard InChI is InChI=1S/C10H10N2O2.C2H6/c1-7-11-12-10(14-7)8-3-5-9(13-2)6-4-8;1-2/h3-6H,1-2H3;1-2H3. The van der Waals surface area contributed by atoms with E-state index in [1.54, 1.807) is 14.0 Å². The van der Waals surface area contributed by atoms with Crippen molar-refractivity contribution in [2.24, 2.45) is 0 Å². The van der Waals surface area contributed by atoms with Crippen LogP contribution in [0.5, 0.6) is 5.75 Å². The van der Waals surface area contributed by atoms with Gasteiger partial charge >= 0.3 is 0 Å². The Hall–Kier alpha value is -1.84. The maximum atomic E-state index is 5.28. The van der Waals surface area contributed by atoms with E-state index in [2.05, 4.69) is 10.2 Å². The highest BCUT2D eigenvalue weighted by Gasteiger charge is 2.04. The Morgan fingerprint density at radius 3 is 2.12 bits per heavy atom. The van der Waals surface area contributed by atoms with Gasteiger partial charge in [0.25, 0.3) is 0 Å². The van der Waals surface area contributed by atoms with E-state index in [4.69, 9.17) is 9.15 Å². The molecule has 0 saturated heterocycles. The molecule has 0 amide bonds. The van der Waals surface area contributed by atoms with Crippen LogP contribution in [0.25, 0.3) is 11.5 Å². The third-order valence-corrected chi connectivity index (χ3v) is 1.86. The first-order valence-corrected chi connectivity index (χ1v) is 5.24. The third-order valence-electron chi connectivity index (χ3n) is 1.86. The predicted molar refractivity (Wildman–Crippen MR) is 62.4 cm³/mol. The molecule has 0 fully saturated rings. The normalized spacial score (nSPS) is 9.25. The van der Waals surface area contributed by atoms with E-state index in [1.807, 2.05) is 38.1 Å². The van der Waals surface area contributed by atoms with Crippen molar-refractivity contribution >= 4 is 0 Å². The Morgan fingerprint density at radius 1 is 1.06 bits per heavy atom. The van der Waals surface area contributed by atoms with Crippen LogP contribution < -0.4 is 4.74 Å². The van der Waals surface area contributed by atoms with Crippen LogP contribution in [0.2, 0.25) is 0 Å². The van der Waals surface area contributed by atoms with Crippen LogP contribution in [-0.4, -0.2) is 17.3 Å². The molecular formula is C12H16N2O2. The summed E-state index contributed by atoms with van der Waals surface area (Å²) in [6.07, 6.45) is 0. The molecule has 0 unspecified atom stereocenters. The number of aromatic nitrogens is 2. The fraction of sp³-hybridized carbons (Fsp3) is 0.333. The van der Waals surface area contributed by atoms with Crippen LogP contribution in [0.15, 0.2) is 28.7 Å². The molecule has 0 saturated carbocycles. The largest absolute Gasteiger partial charge is 0.497 e. The minimum absolute atomic E-state index is 0.533. The summed E-state index contributed by atoms with van der Waals surface area (Å²) in [5.41, 5.74) is 0.895. The summed E-state index contributed by atoms with van der Waals surface area (Å²) in [5, 5.41) is 7.67. The summed E-state index contributed by atoms with van der Waals surface area (Å²) >= 11 is 0. The second kappa shape index (κ2) is 5.90. The molecule has 1 aromatic carbocycles. The van der Waals surface area contributed by atoms with E-state index in [0.29, 0.717) is 11.8 Å². The zero-order valence-electron chi connectivity index (χ0n) is 10.0. The van der Waals surface area contributed by atoms with Crippen LogP contribution in [-0.2, 0) is 0 Å². The molecule has 86 valence electrons. The van der Waals surface area contributed by atoms with Crippen LogP contribution in [0.1, 0.15) is 19.7 Å². The zero-order valence-corrected chi connectivity index (χ0v) is 10.0. The van der Waals surface area contributed by atoms with E-state index >= 15 is 0 Å². The fourth-order valence-electron chi connectivity index (χ4n) is 1.15. The molecule has 0 aliphatic heterocycles. The summed E-state index contributed by atoms with van der Waals surface area (Å²) < 4.78 is 10.3. The molecule has 4 nitrogen and oxygen atoms in total. The molecule has 0 radical (unpaired) electrons. The lowest BCUT2D eigenvalue weighted by atomic mass is 10.2. The third kappa shape index (κ3) is 2.82. The summed E-state index contributed by atoms with van der Waals surface area (Å²) in [4.78, 5) is 0. The average molecular weight is 220 g/mol. The number of hydrogen-bond acceptors (Lipinski definition) is 4. The molecule has 0 aliphatic rings. The molecule has 1 aromatic heterocycles. The monoisotopic (exact) mass is 220 g/mol. The Balaban J connectivity index is 0.000000606. The van der Waals surface area contributed by atoms with Crippen molar-refractivity contribution < 1.29 is 9.15 Å². The molecule has 16 heavy (non-hydrogen) atoms. The average Bonchev–Trinajstić information content (AvgIpc) is 2.79. The van der Waals surface area contributed by atoms with Gasteiger partial charge in [-0.25, -0.2) is 0 Å². The van der Waals surface area contributed by atoms with Gasteiger partial charge in [-0.2, -0.15) is 0 Å². The van der Waals surface area contributed by atoms with E-state index in [-0.39, 0.29) is 0 Å². The van der Waals surface area contributed by atoms with Gasteiger partial charge in [-0.15, -0.1) is 10.2 Å². The number of benzene rings is 1. The van der Waals surface area contributed by atoms with E-state index in [0.717, 1.165) is 11.3 Å². The van der Waals surface area contributed by atoms with Crippen molar-refractivity contribution in [1.29, 1.82) is 0 Å². The van der Waals surface area contributed by atoms with E-state index < -0.39 is 0 Å². The summed E-state index contributed by atoms with van der Waals surface area (Å²) in [5.74, 6) is 1.91. The maximum absolute atomic E-state index is 5.28. The number of methoxy groups -OCH3 is 1. The second-order valence-corrected chi connectivity index (χ2v) is 2.85. The smallest absolute Gasteiger partial charge is 0.247 e. The molecule has 0 aliphatic carbocycles. The number of ether oxygens (including phenoxy) is 1. The van der Waals surface area contributed by atoms with Gasteiger partial charge in [0.15, 0.2) is 0 Å². The van der Waals surface area contributed by atoms with Crippen LogP contribution in [0, 0.1) is 6.92 Å². The van der Waals surface area contributed by atoms with Gasteiger partial charge < -0.3 is 9.15 Å². The zero-order chi connectivity index (χ0) is 12.0. The topological polar surface area (TPSA) is 48.2 Å².